The molecule has 2 nitrogen and oxygen atoms in total. The Labute approximate surface area is 337 Å². The number of benzene rings is 7. The molecule has 2 aliphatic rings. The fourth-order valence-electron chi connectivity index (χ4n) is 9.99. The Kier molecular flexibility index (Phi) is 7.53. The van der Waals surface area contributed by atoms with Crippen LogP contribution in [-0.2, 0) is 21.7 Å². The van der Waals surface area contributed by atoms with Crippen LogP contribution in [0, 0.1) is 0 Å². The van der Waals surface area contributed by atoms with Crippen LogP contribution in [0.3, 0.4) is 0 Å². The van der Waals surface area contributed by atoms with Crippen LogP contribution < -0.4 is 4.90 Å². The van der Waals surface area contributed by atoms with Crippen molar-refractivity contribution in [2.24, 2.45) is 0 Å². The smallest absolute Gasteiger partial charge is 0.139 e. The van der Waals surface area contributed by atoms with E-state index >= 15 is 0 Å². The third kappa shape index (κ3) is 5.22. The van der Waals surface area contributed by atoms with Crippen LogP contribution in [0.4, 0.5) is 17.1 Å². The molecule has 1 aromatic heterocycles. The third-order valence-corrected chi connectivity index (χ3v) is 13.2. The first-order valence-electron chi connectivity index (χ1n) is 20.5. The van der Waals surface area contributed by atoms with Crippen LogP contribution in [0.1, 0.15) is 101 Å². The molecule has 2 heteroatoms. The number of nitrogens with zero attached hydrogens (tertiary/aromatic N) is 1. The average molecular weight is 742 g/mol. The van der Waals surface area contributed by atoms with Crippen molar-refractivity contribution in [2.45, 2.75) is 84.0 Å². The molecule has 0 bridgehead atoms. The Morgan fingerprint density at radius 1 is 0.456 bits per heavy atom. The number of anilines is 3. The molecule has 2 aliphatic carbocycles. The van der Waals surface area contributed by atoms with Crippen LogP contribution in [0.2, 0.25) is 0 Å². The van der Waals surface area contributed by atoms with Crippen molar-refractivity contribution in [3.8, 4) is 22.3 Å². The van der Waals surface area contributed by atoms with E-state index in [0.717, 1.165) is 33.6 Å². The van der Waals surface area contributed by atoms with Gasteiger partial charge in [0.2, 0.25) is 0 Å². The lowest BCUT2D eigenvalue weighted by molar-refractivity contribution is 0.559. The summed E-state index contributed by atoms with van der Waals surface area (Å²) >= 11 is 0. The van der Waals surface area contributed by atoms with E-state index in [-0.39, 0.29) is 21.7 Å². The first-order chi connectivity index (χ1) is 27.2. The molecule has 0 spiro atoms. The normalized spacial score (nSPS) is 15.0. The van der Waals surface area contributed by atoms with Gasteiger partial charge in [0.25, 0.3) is 0 Å². The molecule has 0 saturated heterocycles. The van der Waals surface area contributed by atoms with Gasteiger partial charge in [-0.3, -0.25) is 0 Å². The molecule has 0 unspecified atom stereocenters. The Bertz CT molecular complexity index is 2880. The Hall–Kier alpha value is -5.86. The molecule has 8 aromatic rings. The highest BCUT2D eigenvalue weighted by Crippen LogP contribution is 2.54. The van der Waals surface area contributed by atoms with Gasteiger partial charge in [-0.25, -0.2) is 0 Å². The van der Waals surface area contributed by atoms with Gasteiger partial charge in [0.1, 0.15) is 11.2 Å². The van der Waals surface area contributed by atoms with Gasteiger partial charge in [-0.1, -0.05) is 152 Å². The SMILES string of the molecule is CC(C)(C)c1cc(C(C)(C)C)c2oc3cc(N(c4cccc(C5(C)c6ccccc6-c6ccccc65)c4)c4ccc5c(c4)C(C)(C)c4ccccc4-5)ccc3c2c1. The fraction of sp³-hybridized carbons (Fsp3) is 0.236. The maximum absolute atomic E-state index is 6.96. The second-order valence-electron chi connectivity index (χ2n) is 19.2. The summed E-state index contributed by atoms with van der Waals surface area (Å²) in [6.07, 6.45) is 0. The van der Waals surface area contributed by atoms with E-state index in [1.165, 1.54) is 66.6 Å². The molecule has 0 saturated carbocycles. The second kappa shape index (κ2) is 12.1. The van der Waals surface area contributed by atoms with Crippen molar-refractivity contribution < 1.29 is 4.42 Å². The summed E-state index contributed by atoms with van der Waals surface area (Å²) in [7, 11) is 0. The predicted octanol–water partition coefficient (Wildman–Crippen LogP) is 15.3. The molecule has 0 aliphatic heterocycles. The van der Waals surface area contributed by atoms with Crippen molar-refractivity contribution >= 4 is 39.0 Å². The minimum absolute atomic E-state index is 0.0114. The molecule has 1 heterocycles. The predicted molar refractivity (Wildman–Crippen MR) is 241 cm³/mol. The molecule has 57 heavy (non-hydrogen) atoms. The van der Waals surface area contributed by atoms with Crippen LogP contribution in [0.5, 0.6) is 0 Å². The minimum atomic E-state index is -0.312. The van der Waals surface area contributed by atoms with E-state index in [9.17, 15) is 0 Å². The van der Waals surface area contributed by atoms with Crippen LogP contribution in [0.25, 0.3) is 44.2 Å². The van der Waals surface area contributed by atoms with E-state index < -0.39 is 0 Å². The number of hydrogen-bond donors (Lipinski definition) is 0. The fourth-order valence-corrected chi connectivity index (χ4v) is 9.99. The highest BCUT2D eigenvalue weighted by molar-refractivity contribution is 6.08. The molecular weight excluding hydrogens is 691 g/mol. The monoisotopic (exact) mass is 741 g/mol. The summed E-state index contributed by atoms with van der Waals surface area (Å²) in [5, 5.41) is 2.34. The minimum Gasteiger partial charge on any atom is -0.456 e. The molecule has 0 atom stereocenters. The van der Waals surface area contributed by atoms with Gasteiger partial charge in [-0.15, -0.1) is 0 Å². The molecule has 0 radical (unpaired) electrons. The molecule has 282 valence electrons. The summed E-state index contributed by atoms with van der Waals surface area (Å²) in [6.45, 7) is 20.9. The van der Waals surface area contributed by atoms with Crippen LogP contribution in [0.15, 0.2) is 150 Å². The molecule has 7 aromatic carbocycles. The summed E-state index contributed by atoms with van der Waals surface area (Å²) in [4.78, 5) is 2.44. The van der Waals surface area contributed by atoms with Crippen molar-refractivity contribution in [3.05, 3.63) is 185 Å². The molecule has 10 rings (SSSR count). The highest BCUT2D eigenvalue weighted by Gasteiger charge is 2.41. The van der Waals surface area contributed by atoms with Gasteiger partial charge in [0.15, 0.2) is 0 Å². The van der Waals surface area contributed by atoms with Gasteiger partial charge >= 0.3 is 0 Å². The standard InChI is InChI=1S/C55H51NO/c1-52(2,3)35-30-44-43-28-26-38(33-50(43)57-51(44)49(31-35)53(4,5)6)56(37-25-27-42-39-19-10-13-22-45(39)54(7,8)48(42)32-37)36-18-16-17-34(29-36)55(9)46-23-14-11-20-40(46)41-21-12-15-24-47(41)55/h10-33H,1-9H3. The van der Waals surface area contributed by atoms with Crippen LogP contribution >= 0.6 is 0 Å². The molecule has 0 fully saturated rings. The van der Waals surface area contributed by atoms with Crippen molar-refractivity contribution in [2.75, 3.05) is 4.90 Å². The third-order valence-electron chi connectivity index (χ3n) is 13.2. The quantitative estimate of drug-likeness (QED) is 0.179. The molecule has 0 amide bonds. The Morgan fingerprint density at radius 2 is 1.02 bits per heavy atom. The van der Waals surface area contributed by atoms with E-state index in [1.807, 2.05) is 0 Å². The van der Waals surface area contributed by atoms with Crippen LogP contribution in [-0.4, -0.2) is 0 Å². The average Bonchev–Trinajstić information content (AvgIpc) is 3.77. The largest absolute Gasteiger partial charge is 0.456 e. The molecule has 0 N–H and O–H groups in total. The van der Waals surface area contributed by atoms with Gasteiger partial charge in [0.05, 0.1) is 0 Å². The first kappa shape index (κ1) is 35.5. The Balaban J connectivity index is 1.20. The lowest BCUT2D eigenvalue weighted by Gasteiger charge is -2.32. The van der Waals surface area contributed by atoms with Crippen molar-refractivity contribution in [3.63, 3.8) is 0 Å². The first-order valence-corrected chi connectivity index (χ1v) is 20.5. The zero-order chi connectivity index (χ0) is 39.6. The summed E-state index contributed by atoms with van der Waals surface area (Å²) in [6, 6.07) is 54.6. The second-order valence-corrected chi connectivity index (χ2v) is 19.2. The maximum Gasteiger partial charge on any atom is 0.139 e. The zero-order valence-corrected chi connectivity index (χ0v) is 34.7. The summed E-state index contributed by atoms with van der Waals surface area (Å²) in [5.41, 5.74) is 19.2. The van der Waals surface area contributed by atoms with Gasteiger partial charge in [-0.05, 0) is 116 Å². The molecular formula is C55H51NO. The van der Waals surface area contributed by atoms with E-state index in [1.54, 1.807) is 0 Å². The Morgan fingerprint density at radius 3 is 1.67 bits per heavy atom. The van der Waals surface area contributed by atoms with E-state index in [4.69, 9.17) is 4.42 Å². The topological polar surface area (TPSA) is 16.4 Å². The number of furan rings is 1. The van der Waals surface area contributed by atoms with Crippen molar-refractivity contribution in [1.29, 1.82) is 0 Å². The summed E-state index contributed by atoms with van der Waals surface area (Å²) < 4.78 is 6.96. The lowest BCUT2D eigenvalue weighted by Crippen LogP contribution is -2.23. The maximum atomic E-state index is 6.96. The van der Waals surface area contributed by atoms with Gasteiger partial charge in [-0.2, -0.15) is 0 Å². The van der Waals surface area contributed by atoms with E-state index in [2.05, 4.69) is 213 Å². The van der Waals surface area contributed by atoms with Crippen molar-refractivity contribution in [1.82, 2.24) is 0 Å². The van der Waals surface area contributed by atoms with E-state index in [0.29, 0.717) is 0 Å². The number of hydrogen-bond acceptors (Lipinski definition) is 2. The summed E-state index contributed by atoms with van der Waals surface area (Å²) in [5.74, 6) is 0. The lowest BCUT2D eigenvalue weighted by atomic mass is 9.74. The number of fused-ring (bicyclic) bond motifs is 9. The number of rotatable bonds is 4. The highest BCUT2D eigenvalue weighted by atomic mass is 16.3. The van der Waals surface area contributed by atoms with Gasteiger partial charge < -0.3 is 9.32 Å². The van der Waals surface area contributed by atoms with Gasteiger partial charge in [0, 0.05) is 50.3 Å². The zero-order valence-electron chi connectivity index (χ0n) is 34.7.